The highest BCUT2D eigenvalue weighted by molar-refractivity contribution is 5.96. The second kappa shape index (κ2) is 7.75. The molecule has 1 amide bonds. The van der Waals surface area contributed by atoms with Crippen molar-refractivity contribution in [3.05, 3.63) is 17.7 Å². The molecule has 2 rings (SSSR count). The molecule has 1 aromatic rings. The van der Waals surface area contributed by atoms with Crippen LogP contribution in [0.5, 0.6) is 17.2 Å². The number of halogens is 1. The number of methoxy groups -OCH3 is 3. The number of ether oxygens (including phenoxy) is 3. The van der Waals surface area contributed by atoms with Crippen LogP contribution in [0.3, 0.4) is 0 Å². The number of carbonyl (C=O) groups is 1. The topological polar surface area (TPSA) is 82.8 Å². The molecule has 1 unspecified atom stereocenters. The first-order chi connectivity index (χ1) is 10.5. The molecular formula is C16H25ClN2O4. The van der Waals surface area contributed by atoms with Crippen LogP contribution in [0.1, 0.15) is 30.1 Å². The number of nitrogens with one attached hydrogen (secondary N) is 1. The Labute approximate surface area is 143 Å². The predicted octanol–water partition coefficient (Wildman–Crippen LogP) is 1.99. The van der Waals surface area contributed by atoms with E-state index in [0.29, 0.717) is 35.3 Å². The van der Waals surface area contributed by atoms with E-state index in [1.165, 1.54) is 21.3 Å². The Hall–Kier alpha value is -1.66. The van der Waals surface area contributed by atoms with Crippen LogP contribution in [0.4, 0.5) is 0 Å². The number of rotatable bonds is 7. The Morgan fingerprint density at radius 1 is 1.22 bits per heavy atom. The first-order valence-electron chi connectivity index (χ1n) is 7.31. The van der Waals surface area contributed by atoms with Crippen LogP contribution in [0, 0.1) is 5.92 Å². The molecule has 130 valence electrons. The van der Waals surface area contributed by atoms with Gasteiger partial charge in [0.05, 0.1) is 26.9 Å². The lowest BCUT2D eigenvalue weighted by Crippen LogP contribution is -2.53. The van der Waals surface area contributed by atoms with E-state index in [2.05, 4.69) is 5.32 Å². The fourth-order valence-electron chi connectivity index (χ4n) is 2.58. The number of hydrogen-bond acceptors (Lipinski definition) is 5. The van der Waals surface area contributed by atoms with Crippen molar-refractivity contribution in [3.63, 3.8) is 0 Å². The van der Waals surface area contributed by atoms with E-state index in [9.17, 15) is 4.79 Å². The fraction of sp³-hybridized carbons (Fsp3) is 0.562. The molecule has 1 fully saturated rings. The van der Waals surface area contributed by atoms with Gasteiger partial charge in [0.15, 0.2) is 11.5 Å². The van der Waals surface area contributed by atoms with E-state index in [4.69, 9.17) is 19.9 Å². The second-order valence-corrected chi connectivity index (χ2v) is 5.76. The van der Waals surface area contributed by atoms with Crippen molar-refractivity contribution in [1.29, 1.82) is 0 Å². The van der Waals surface area contributed by atoms with Crippen LogP contribution in [0.25, 0.3) is 0 Å². The summed E-state index contributed by atoms with van der Waals surface area (Å²) in [7, 11) is 4.57. The summed E-state index contributed by atoms with van der Waals surface area (Å²) in [5.41, 5.74) is 5.92. The third kappa shape index (κ3) is 4.00. The van der Waals surface area contributed by atoms with Crippen molar-refractivity contribution in [2.45, 2.75) is 25.3 Å². The predicted molar refractivity (Wildman–Crippen MR) is 91.0 cm³/mol. The quantitative estimate of drug-likeness (QED) is 0.790. The normalized spacial score (nSPS) is 15.9. The van der Waals surface area contributed by atoms with Gasteiger partial charge in [-0.1, -0.05) is 0 Å². The van der Waals surface area contributed by atoms with Crippen LogP contribution in [0.2, 0.25) is 0 Å². The first-order valence-corrected chi connectivity index (χ1v) is 7.31. The molecule has 0 bridgehead atoms. The number of amides is 1. The van der Waals surface area contributed by atoms with Crippen LogP contribution in [0.15, 0.2) is 12.1 Å². The molecule has 1 aliphatic rings. The lowest BCUT2D eigenvalue weighted by atomic mass is 9.95. The Bertz CT molecular complexity index is 538. The van der Waals surface area contributed by atoms with E-state index in [0.717, 1.165) is 12.8 Å². The van der Waals surface area contributed by atoms with Crippen LogP contribution in [-0.4, -0.2) is 39.3 Å². The third-order valence-corrected chi connectivity index (χ3v) is 4.23. The maximum atomic E-state index is 12.6. The molecule has 1 aromatic carbocycles. The van der Waals surface area contributed by atoms with Gasteiger partial charge in [-0.15, -0.1) is 12.4 Å². The molecular weight excluding hydrogens is 320 g/mol. The van der Waals surface area contributed by atoms with E-state index in [1.807, 2.05) is 6.92 Å². The minimum absolute atomic E-state index is 0. The largest absolute Gasteiger partial charge is 0.493 e. The van der Waals surface area contributed by atoms with Gasteiger partial charge in [0.1, 0.15) is 0 Å². The van der Waals surface area contributed by atoms with E-state index < -0.39 is 0 Å². The standard InChI is InChI=1S/C16H24N2O4.ClH/c1-16(9-17,11-5-6-11)18-15(19)10-7-12(20-2)14(22-4)13(8-10)21-3;/h7-8,11H,5-6,9,17H2,1-4H3,(H,18,19);1H. The Kier molecular flexibility index (Phi) is 6.53. The molecule has 1 saturated carbocycles. The summed E-state index contributed by atoms with van der Waals surface area (Å²) in [6, 6.07) is 3.28. The zero-order chi connectivity index (χ0) is 16.3. The summed E-state index contributed by atoms with van der Waals surface area (Å²) in [5.74, 6) is 1.62. The molecule has 1 aliphatic carbocycles. The van der Waals surface area contributed by atoms with Gasteiger partial charge in [0.2, 0.25) is 5.75 Å². The highest BCUT2D eigenvalue weighted by Crippen LogP contribution is 2.40. The summed E-state index contributed by atoms with van der Waals surface area (Å²) >= 11 is 0. The summed E-state index contributed by atoms with van der Waals surface area (Å²) < 4.78 is 15.8. The molecule has 0 heterocycles. The van der Waals surface area contributed by atoms with Crippen molar-refractivity contribution >= 4 is 18.3 Å². The molecule has 1 atom stereocenters. The third-order valence-electron chi connectivity index (χ3n) is 4.23. The van der Waals surface area contributed by atoms with E-state index >= 15 is 0 Å². The van der Waals surface area contributed by atoms with E-state index in [1.54, 1.807) is 12.1 Å². The maximum absolute atomic E-state index is 12.6. The van der Waals surface area contributed by atoms with Gasteiger partial charge in [-0.3, -0.25) is 4.79 Å². The van der Waals surface area contributed by atoms with Gasteiger partial charge in [0.25, 0.3) is 5.91 Å². The van der Waals surface area contributed by atoms with Crippen LogP contribution in [-0.2, 0) is 0 Å². The monoisotopic (exact) mass is 344 g/mol. The van der Waals surface area contributed by atoms with E-state index in [-0.39, 0.29) is 23.9 Å². The smallest absolute Gasteiger partial charge is 0.252 e. The lowest BCUT2D eigenvalue weighted by Gasteiger charge is -2.29. The number of carbonyl (C=O) groups excluding carboxylic acids is 1. The van der Waals surface area contributed by atoms with Gasteiger partial charge in [-0.25, -0.2) is 0 Å². The van der Waals surface area contributed by atoms with Crippen LogP contribution < -0.4 is 25.3 Å². The van der Waals surface area contributed by atoms with Crippen molar-refractivity contribution < 1.29 is 19.0 Å². The zero-order valence-corrected chi connectivity index (χ0v) is 14.8. The number of hydrogen-bond donors (Lipinski definition) is 2. The molecule has 0 saturated heterocycles. The minimum Gasteiger partial charge on any atom is -0.493 e. The Balaban J connectivity index is 0.00000264. The highest BCUT2D eigenvalue weighted by Gasteiger charge is 2.41. The van der Waals surface area contributed by atoms with Gasteiger partial charge in [-0.05, 0) is 37.8 Å². The Morgan fingerprint density at radius 3 is 2.09 bits per heavy atom. The van der Waals surface area contributed by atoms with Gasteiger partial charge in [-0.2, -0.15) is 0 Å². The van der Waals surface area contributed by atoms with Gasteiger partial charge in [0, 0.05) is 12.1 Å². The molecule has 0 radical (unpaired) electrons. The van der Waals surface area contributed by atoms with Crippen LogP contribution >= 0.6 is 12.4 Å². The SMILES string of the molecule is COc1cc(C(=O)NC(C)(CN)C2CC2)cc(OC)c1OC.Cl. The molecule has 3 N–H and O–H groups in total. The summed E-state index contributed by atoms with van der Waals surface area (Å²) in [5, 5.41) is 3.05. The zero-order valence-electron chi connectivity index (χ0n) is 14.0. The molecule has 7 heteroatoms. The molecule has 0 aliphatic heterocycles. The van der Waals surface area contributed by atoms with Crippen molar-refractivity contribution in [2.24, 2.45) is 11.7 Å². The van der Waals surface area contributed by atoms with Crippen molar-refractivity contribution in [3.8, 4) is 17.2 Å². The summed E-state index contributed by atoms with van der Waals surface area (Å²) in [6.07, 6.45) is 2.20. The van der Waals surface area contributed by atoms with Gasteiger partial charge >= 0.3 is 0 Å². The molecule has 0 aromatic heterocycles. The molecule has 23 heavy (non-hydrogen) atoms. The first kappa shape index (κ1) is 19.4. The minimum atomic E-state index is -0.377. The lowest BCUT2D eigenvalue weighted by molar-refractivity contribution is 0.0897. The summed E-state index contributed by atoms with van der Waals surface area (Å²) in [4.78, 5) is 12.6. The molecule has 0 spiro atoms. The average Bonchev–Trinajstić information content (AvgIpc) is 3.38. The van der Waals surface area contributed by atoms with Gasteiger partial charge < -0.3 is 25.3 Å². The number of nitrogens with two attached hydrogens (primary N) is 1. The highest BCUT2D eigenvalue weighted by atomic mass is 35.5. The Morgan fingerprint density at radius 2 is 1.74 bits per heavy atom. The second-order valence-electron chi connectivity index (χ2n) is 5.76. The number of benzene rings is 1. The van der Waals surface area contributed by atoms with Crippen molar-refractivity contribution in [2.75, 3.05) is 27.9 Å². The average molecular weight is 345 g/mol. The maximum Gasteiger partial charge on any atom is 0.252 e. The fourth-order valence-corrected chi connectivity index (χ4v) is 2.58. The molecule has 6 nitrogen and oxygen atoms in total. The summed E-state index contributed by atoms with van der Waals surface area (Å²) in [6.45, 7) is 2.40. The van der Waals surface area contributed by atoms with Crippen molar-refractivity contribution in [1.82, 2.24) is 5.32 Å².